The quantitative estimate of drug-likeness (QED) is 0.221. The highest BCUT2D eigenvalue weighted by molar-refractivity contribution is 5.80. The molecule has 3 N–H and O–H groups in total. The molecule has 0 aliphatic carbocycles. The molecule has 3 aromatic rings. The summed E-state index contributed by atoms with van der Waals surface area (Å²) >= 11 is 0. The average molecular weight is 500 g/mol. The first-order valence-corrected chi connectivity index (χ1v) is 12.7. The summed E-state index contributed by atoms with van der Waals surface area (Å²) in [6, 6.07) is 19.8. The molecule has 37 heavy (non-hydrogen) atoms. The van der Waals surface area contributed by atoms with Crippen LogP contribution in [-0.4, -0.2) is 48.1 Å². The summed E-state index contributed by atoms with van der Waals surface area (Å²) in [6.45, 7) is 3.47. The Kier molecular flexibility index (Phi) is 7.37. The number of aromatic nitrogens is 1. The third-order valence-electron chi connectivity index (χ3n) is 7.41. The van der Waals surface area contributed by atoms with Gasteiger partial charge >= 0.3 is 5.97 Å². The topological polar surface area (TPSA) is 105 Å². The molecule has 2 aliphatic heterocycles. The fraction of sp³-hybridized carbons (Fsp3) is 0.345. The summed E-state index contributed by atoms with van der Waals surface area (Å²) in [6.07, 6.45) is 5.65. The predicted molar refractivity (Wildman–Crippen MR) is 142 cm³/mol. The van der Waals surface area contributed by atoms with E-state index in [1.165, 1.54) is 5.56 Å². The van der Waals surface area contributed by atoms with Gasteiger partial charge in [-0.2, -0.15) is 0 Å². The molecule has 8 nitrogen and oxygen atoms in total. The molecule has 0 radical (unpaired) electrons. The van der Waals surface area contributed by atoms with E-state index >= 15 is 0 Å². The molecule has 5 rings (SSSR count). The molecule has 2 aliphatic rings. The highest BCUT2D eigenvalue weighted by Gasteiger charge is 2.43. The van der Waals surface area contributed by atoms with Gasteiger partial charge in [0.1, 0.15) is 5.75 Å². The maximum Gasteiger partial charge on any atom is 0.319 e. The van der Waals surface area contributed by atoms with Gasteiger partial charge in [0.25, 0.3) is 0 Å². The number of fused-ring (bicyclic) bond motifs is 1. The Hall–Kier alpha value is -3.91. The van der Waals surface area contributed by atoms with Gasteiger partial charge in [0.15, 0.2) is 5.96 Å². The molecule has 0 amide bonds. The highest BCUT2D eigenvalue weighted by Crippen LogP contribution is 2.36. The van der Waals surface area contributed by atoms with Gasteiger partial charge < -0.3 is 25.0 Å². The predicted octanol–water partition coefficient (Wildman–Crippen LogP) is 3.74. The van der Waals surface area contributed by atoms with Gasteiger partial charge in [-0.05, 0) is 60.2 Å². The van der Waals surface area contributed by atoms with Crippen LogP contribution in [0.3, 0.4) is 0 Å². The number of nitrogens with zero attached hydrogens (tertiary/aromatic N) is 3. The van der Waals surface area contributed by atoms with E-state index in [1.807, 2.05) is 65.6 Å². The molecule has 0 unspecified atom stereocenters. The fourth-order valence-electron chi connectivity index (χ4n) is 5.11. The van der Waals surface area contributed by atoms with E-state index in [9.17, 15) is 4.79 Å². The third-order valence-corrected chi connectivity index (χ3v) is 7.41. The van der Waals surface area contributed by atoms with Gasteiger partial charge in [-0.1, -0.05) is 36.4 Å². The van der Waals surface area contributed by atoms with Gasteiger partial charge in [0.2, 0.25) is 0 Å². The number of guanidine groups is 1. The van der Waals surface area contributed by atoms with Crippen molar-refractivity contribution in [3.8, 4) is 5.75 Å². The molecule has 192 valence electrons. The summed E-state index contributed by atoms with van der Waals surface area (Å²) in [4.78, 5) is 21.9. The van der Waals surface area contributed by atoms with Crippen LogP contribution in [0.15, 0.2) is 73.1 Å². The molecular weight excluding hydrogens is 466 g/mol. The van der Waals surface area contributed by atoms with Crippen molar-refractivity contribution in [2.75, 3.05) is 31.1 Å². The molecule has 1 saturated heterocycles. The van der Waals surface area contributed by atoms with Gasteiger partial charge in [-0.3, -0.25) is 15.2 Å². The Bertz CT molecular complexity index is 1220. The smallest absolute Gasteiger partial charge is 0.319 e. The van der Waals surface area contributed by atoms with Gasteiger partial charge in [-0.25, -0.2) is 0 Å². The third kappa shape index (κ3) is 5.75. The number of anilines is 1. The number of nitrogens with two attached hydrogens (primary N) is 1. The van der Waals surface area contributed by atoms with Crippen molar-refractivity contribution in [3.05, 3.63) is 89.7 Å². The molecule has 0 atom stereocenters. The van der Waals surface area contributed by atoms with Crippen molar-refractivity contribution in [1.82, 2.24) is 9.88 Å². The van der Waals surface area contributed by atoms with Gasteiger partial charge in [-0.15, -0.1) is 0 Å². The zero-order chi connectivity index (χ0) is 25.7. The van der Waals surface area contributed by atoms with E-state index in [0.29, 0.717) is 38.3 Å². The van der Waals surface area contributed by atoms with Crippen LogP contribution in [0.5, 0.6) is 5.75 Å². The minimum atomic E-state index is -0.736. The van der Waals surface area contributed by atoms with E-state index in [4.69, 9.17) is 20.6 Å². The monoisotopic (exact) mass is 499 g/mol. The zero-order valence-electron chi connectivity index (χ0n) is 20.9. The van der Waals surface area contributed by atoms with Crippen molar-refractivity contribution in [3.63, 3.8) is 0 Å². The van der Waals surface area contributed by atoms with Crippen LogP contribution in [0.25, 0.3) is 0 Å². The van der Waals surface area contributed by atoms with Crippen LogP contribution in [-0.2, 0) is 29.1 Å². The number of esters is 1. The molecule has 1 aromatic heterocycles. The number of nitrogens with one attached hydrogen (secondary N) is 1. The number of pyridine rings is 1. The molecule has 3 heterocycles. The number of carbonyl (C=O) groups excluding carboxylic acids is 1. The SMILES string of the molecule is N=C(N)N1CCc2ccc(OC(=O)C3(COCc4ccccc4)CCN(c4ccncc4)CC3)cc2C1. The van der Waals surface area contributed by atoms with Crippen LogP contribution in [0.2, 0.25) is 0 Å². The normalized spacial score (nSPS) is 16.6. The summed E-state index contributed by atoms with van der Waals surface area (Å²) in [7, 11) is 0. The van der Waals surface area contributed by atoms with Crippen LogP contribution in [0, 0.1) is 10.8 Å². The van der Waals surface area contributed by atoms with Crippen molar-refractivity contribution >= 4 is 17.6 Å². The second-order valence-corrected chi connectivity index (χ2v) is 9.83. The first kappa shape index (κ1) is 24.8. The molecular formula is C29H33N5O3. The lowest BCUT2D eigenvalue weighted by molar-refractivity contribution is -0.152. The number of benzene rings is 2. The van der Waals surface area contributed by atoms with Gasteiger partial charge in [0.05, 0.1) is 18.6 Å². The van der Waals surface area contributed by atoms with Crippen molar-refractivity contribution in [2.45, 2.75) is 32.4 Å². The Morgan fingerprint density at radius 2 is 1.76 bits per heavy atom. The number of hydrogen-bond acceptors (Lipinski definition) is 6. The zero-order valence-corrected chi connectivity index (χ0v) is 20.9. The minimum Gasteiger partial charge on any atom is -0.426 e. The molecule has 8 heteroatoms. The number of piperidine rings is 1. The van der Waals surface area contributed by atoms with Crippen molar-refractivity contribution in [2.24, 2.45) is 11.1 Å². The average Bonchev–Trinajstić information content (AvgIpc) is 2.94. The molecule has 0 spiro atoms. The summed E-state index contributed by atoms with van der Waals surface area (Å²) in [5.41, 5.74) is 9.38. The van der Waals surface area contributed by atoms with E-state index in [-0.39, 0.29) is 11.9 Å². The van der Waals surface area contributed by atoms with E-state index < -0.39 is 5.41 Å². The van der Waals surface area contributed by atoms with E-state index in [1.54, 1.807) is 12.4 Å². The Morgan fingerprint density at radius 3 is 2.49 bits per heavy atom. The lowest BCUT2D eigenvalue weighted by atomic mass is 9.79. The summed E-state index contributed by atoms with van der Waals surface area (Å²) in [5.74, 6) is 0.325. The standard InChI is InChI=1S/C29H33N5O3/c30-28(31)34-15-10-23-6-7-26(18-24(23)19-34)37-27(35)29(21-36-20-22-4-2-1-3-5-22)11-16-33(17-12-29)25-8-13-32-14-9-25/h1-9,13-14,18H,10-12,15-17,19-21H2,(H3,30,31). The molecule has 2 aromatic carbocycles. The van der Waals surface area contributed by atoms with Crippen LogP contribution < -0.4 is 15.4 Å². The van der Waals surface area contributed by atoms with Crippen molar-refractivity contribution in [1.29, 1.82) is 5.41 Å². The Morgan fingerprint density at radius 1 is 1.00 bits per heavy atom. The van der Waals surface area contributed by atoms with Crippen LogP contribution in [0.1, 0.15) is 29.5 Å². The number of rotatable bonds is 7. The fourth-order valence-corrected chi connectivity index (χ4v) is 5.11. The number of hydrogen-bond donors (Lipinski definition) is 2. The second-order valence-electron chi connectivity index (χ2n) is 9.83. The largest absolute Gasteiger partial charge is 0.426 e. The van der Waals surface area contributed by atoms with E-state index in [0.717, 1.165) is 42.9 Å². The van der Waals surface area contributed by atoms with Crippen molar-refractivity contribution < 1.29 is 14.3 Å². The second kappa shape index (κ2) is 11.0. The summed E-state index contributed by atoms with van der Waals surface area (Å²) < 4.78 is 12.1. The van der Waals surface area contributed by atoms with Crippen LogP contribution in [0.4, 0.5) is 5.69 Å². The number of carbonyl (C=O) groups is 1. The Labute approximate surface area is 217 Å². The van der Waals surface area contributed by atoms with E-state index in [2.05, 4.69) is 9.88 Å². The van der Waals surface area contributed by atoms with Gasteiger partial charge in [0, 0.05) is 44.3 Å². The van der Waals surface area contributed by atoms with Crippen LogP contribution >= 0.6 is 0 Å². The molecule has 0 bridgehead atoms. The lowest BCUT2D eigenvalue weighted by Gasteiger charge is -2.40. The Balaban J connectivity index is 1.31. The first-order valence-electron chi connectivity index (χ1n) is 12.7. The first-order chi connectivity index (χ1) is 18.0. The molecule has 1 fully saturated rings. The lowest BCUT2D eigenvalue weighted by Crippen LogP contribution is -2.48. The highest BCUT2D eigenvalue weighted by atomic mass is 16.5. The summed E-state index contributed by atoms with van der Waals surface area (Å²) in [5, 5.41) is 7.76. The number of ether oxygens (including phenoxy) is 2. The maximum atomic E-state index is 13.7. The minimum absolute atomic E-state index is 0.0588. The maximum absolute atomic E-state index is 13.7. The molecule has 0 saturated carbocycles.